The summed E-state index contributed by atoms with van der Waals surface area (Å²) in [4.78, 5) is 11.5. The molecule has 3 nitrogen and oxygen atoms in total. The summed E-state index contributed by atoms with van der Waals surface area (Å²) in [6.07, 6.45) is 1.83. The van der Waals surface area contributed by atoms with E-state index in [1.165, 1.54) is 0 Å². The number of rotatable bonds is 8. The first-order chi connectivity index (χ1) is 8.72. The van der Waals surface area contributed by atoms with Crippen LogP contribution in [0.15, 0.2) is 18.2 Å². The fourth-order valence-corrected chi connectivity index (χ4v) is 1.57. The molecule has 18 heavy (non-hydrogen) atoms. The predicted molar refractivity (Wildman–Crippen MR) is 73.1 cm³/mol. The van der Waals surface area contributed by atoms with Crippen LogP contribution in [-0.2, 0) is 0 Å². The number of alkyl halides is 1. The minimum atomic E-state index is -0.111. The van der Waals surface area contributed by atoms with Gasteiger partial charge in [0.15, 0.2) is 17.3 Å². The summed E-state index contributed by atoms with van der Waals surface area (Å²) in [6.45, 7) is 5.30. The molecule has 0 fully saturated rings. The van der Waals surface area contributed by atoms with Crippen molar-refractivity contribution in [2.75, 3.05) is 19.1 Å². The zero-order chi connectivity index (χ0) is 13.4. The van der Waals surface area contributed by atoms with Gasteiger partial charge in [-0.25, -0.2) is 0 Å². The molecule has 1 aromatic rings. The Kier molecular flexibility index (Phi) is 6.58. The molecule has 0 spiro atoms. The third kappa shape index (κ3) is 4.22. The van der Waals surface area contributed by atoms with Crippen molar-refractivity contribution in [1.82, 2.24) is 0 Å². The summed E-state index contributed by atoms with van der Waals surface area (Å²) in [6, 6.07) is 5.18. The van der Waals surface area contributed by atoms with Crippen LogP contribution in [0, 0.1) is 0 Å². The normalized spacial score (nSPS) is 10.2. The van der Waals surface area contributed by atoms with Crippen molar-refractivity contribution in [1.29, 1.82) is 0 Å². The summed E-state index contributed by atoms with van der Waals surface area (Å²) in [5.74, 6) is 1.15. The van der Waals surface area contributed by atoms with Crippen molar-refractivity contribution in [3.63, 3.8) is 0 Å². The van der Waals surface area contributed by atoms with E-state index in [1.807, 2.05) is 13.8 Å². The molecule has 0 unspecified atom stereocenters. The summed E-state index contributed by atoms with van der Waals surface area (Å²) in [5.41, 5.74) is 0.556. The van der Waals surface area contributed by atoms with Crippen molar-refractivity contribution in [2.45, 2.75) is 26.7 Å². The second-order valence-electron chi connectivity index (χ2n) is 3.92. The van der Waals surface area contributed by atoms with Gasteiger partial charge in [0.2, 0.25) is 0 Å². The maximum absolute atomic E-state index is 11.5. The molecule has 0 N–H and O–H groups in total. The summed E-state index contributed by atoms with van der Waals surface area (Å²) in [5, 5.41) is 0. The Balaban J connectivity index is 2.92. The van der Waals surface area contributed by atoms with Crippen molar-refractivity contribution < 1.29 is 14.3 Å². The minimum absolute atomic E-state index is 0.0254. The summed E-state index contributed by atoms with van der Waals surface area (Å²) < 4.78 is 11.2. The van der Waals surface area contributed by atoms with Gasteiger partial charge in [0.05, 0.1) is 19.1 Å². The van der Waals surface area contributed by atoms with Gasteiger partial charge in [-0.15, -0.1) is 11.6 Å². The van der Waals surface area contributed by atoms with Gasteiger partial charge in [-0.3, -0.25) is 4.79 Å². The van der Waals surface area contributed by atoms with E-state index in [0.29, 0.717) is 30.3 Å². The van der Waals surface area contributed by atoms with E-state index in [9.17, 15) is 4.79 Å². The first-order valence-corrected chi connectivity index (χ1v) is 6.75. The second-order valence-corrected chi connectivity index (χ2v) is 4.18. The quantitative estimate of drug-likeness (QED) is 0.534. The first-order valence-electron chi connectivity index (χ1n) is 6.21. The van der Waals surface area contributed by atoms with Crippen molar-refractivity contribution in [3.05, 3.63) is 23.8 Å². The van der Waals surface area contributed by atoms with Crippen LogP contribution in [0.1, 0.15) is 37.0 Å². The number of carbonyl (C=O) groups excluding carboxylic acids is 1. The maximum Gasteiger partial charge on any atom is 0.177 e. The van der Waals surface area contributed by atoms with Crippen molar-refractivity contribution >= 4 is 17.4 Å². The number of hydrogen-bond acceptors (Lipinski definition) is 3. The van der Waals surface area contributed by atoms with Gasteiger partial charge in [-0.1, -0.05) is 13.8 Å². The molecule has 0 bridgehead atoms. The molecular formula is C14H19ClO3. The van der Waals surface area contributed by atoms with Crippen LogP contribution in [0.25, 0.3) is 0 Å². The van der Waals surface area contributed by atoms with Gasteiger partial charge in [-0.2, -0.15) is 0 Å². The van der Waals surface area contributed by atoms with Crippen LogP contribution in [-0.4, -0.2) is 24.9 Å². The van der Waals surface area contributed by atoms with E-state index in [-0.39, 0.29) is 11.7 Å². The summed E-state index contributed by atoms with van der Waals surface area (Å²) >= 11 is 5.54. The molecule has 0 saturated heterocycles. The zero-order valence-corrected chi connectivity index (χ0v) is 11.6. The molecule has 1 aromatic carbocycles. The molecule has 0 heterocycles. The van der Waals surface area contributed by atoms with Crippen LogP contribution in [0.4, 0.5) is 0 Å². The summed E-state index contributed by atoms with van der Waals surface area (Å²) in [7, 11) is 0. The first kappa shape index (κ1) is 14.8. The lowest BCUT2D eigenvalue weighted by Gasteiger charge is -2.13. The molecule has 0 radical (unpaired) electrons. The lowest BCUT2D eigenvalue weighted by atomic mass is 10.1. The average Bonchev–Trinajstić information content (AvgIpc) is 2.42. The van der Waals surface area contributed by atoms with E-state index in [2.05, 4.69) is 0 Å². The lowest BCUT2D eigenvalue weighted by molar-refractivity contribution is 0.102. The second kappa shape index (κ2) is 7.98. The fourth-order valence-electron chi connectivity index (χ4n) is 1.41. The highest BCUT2D eigenvalue weighted by molar-refractivity contribution is 6.30. The van der Waals surface area contributed by atoms with Crippen molar-refractivity contribution in [2.24, 2.45) is 0 Å². The van der Waals surface area contributed by atoms with Gasteiger partial charge in [0.25, 0.3) is 0 Å². The van der Waals surface area contributed by atoms with Crippen LogP contribution in [0.2, 0.25) is 0 Å². The monoisotopic (exact) mass is 270 g/mol. The number of ketones is 1. The number of ether oxygens (including phenoxy) is 2. The highest BCUT2D eigenvalue weighted by Gasteiger charge is 2.10. The zero-order valence-electron chi connectivity index (χ0n) is 10.9. The van der Waals surface area contributed by atoms with Gasteiger partial charge >= 0.3 is 0 Å². The van der Waals surface area contributed by atoms with E-state index < -0.39 is 0 Å². The molecule has 0 atom stereocenters. The highest BCUT2D eigenvalue weighted by atomic mass is 35.5. The highest BCUT2D eigenvalue weighted by Crippen LogP contribution is 2.29. The fraction of sp³-hybridized carbons (Fsp3) is 0.500. The van der Waals surface area contributed by atoms with Crippen LogP contribution in [0.3, 0.4) is 0 Å². The Morgan fingerprint density at radius 2 is 1.72 bits per heavy atom. The Bertz CT molecular complexity index is 391. The van der Waals surface area contributed by atoms with Gasteiger partial charge < -0.3 is 9.47 Å². The number of carbonyl (C=O) groups is 1. The molecule has 0 aliphatic rings. The largest absolute Gasteiger partial charge is 0.490 e. The standard InChI is InChI=1S/C14H19ClO3/c1-3-7-17-13-6-5-11(12(16)10-15)9-14(13)18-8-4-2/h5-6,9H,3-4,7-8,10H2,1-2H3. The van der Waals surface area contributed by atoms with Gasteiger partial charge in [0.1, 0.15) is 0 Å². The topological polar surface area (TPSA) is 35.5 Å². The Labute approximate surface area is 113 Å². The van der Waals surface area contributed by atoms with E-state index in [0.717, 1.165) is 12.8 Å². The molecular weight excluding hydrogens is 252 g/mol. The number of hydrogen-bond donors (Lipinski definition) is 0. The molecule has 0 aromatic heterocycles. The third-order valence-electron chi connectivity index (χ3n) is 2.31. The van der Waals surface area contributed by atoms with Crippen LogP contribution >= 0.6 is 11.6 Å². The van der Waals surface area contributed by atoms with Crippen LogP contribution in [0.5, 0.6) is 11.5 Å². The van der Waals surface area contributed by atoms with Gasteiger partial charge in [-0.05, 0) is 31.0 Å². The number of benzene rings is 1. The molecule has 0 aliphatic carbocycles. The Hall–Kier alpha value is -1.22. The lowest BCUT2D eigenvalue weighted by Crippen LogP contribution is -2.05. The number of Topliss-reactive ketones (excluding diaryl/α,β-unsaturated/α-hetero) is 1. The van der Waals surface area contributed by atoms with Crippen LogP contribution < -0.4 is 9.47 Å². The predicted octanol–water partition coefficient (Wildman–Crippen LogP) is 3.69. The van der Waals surface area contributed by atoms with Gasteiger partial charge in [0, 0.05) is 5.56 Å². The molecule has 4 heteroatoms. The smallest absolute Gasteiger partial charge is 0.177 e. The molecule has 100 valence electrons. The average molecular weight is 271 g/mol. The SMILES string of the molecule is CCCOc1ccc(C(=O)CCl)cc1OCCC. The van der Waals surface area contributed by atoms with Crippen molar-refractivity contribution in [3.8, 4) is 11.5 Å². The van der Waals surface area contributed by atoms with E-state index >= 15 is 0 Å². The Morgan fingerprint density at radius 3 is 2.28 bits per heavy atom. The molecule has 1 rings (SSSR count). The third-order valence-corrected chi connectivity index (χ3v) is 2.55. The van der Waals surface area contributed by atoms with E-state index in [4.69, 9.17) is 21.1 Å². The van der Waals surface area contributed by atoms with E-state index in [1.54, 1.807) is 18.2 Å². The molecule has 0 aliphatic heterocycles. The molecule has 0 saturated carbocycles. The molecule has 0 amide bonds. The maximum atomic E-state index is 11.5. The Morgan fingerprint density at radius 1 is 1.11 bits per heavy atom. The number of halogens is 1. The minimum Gasteiger partial charge on any atom is -0.490 e.